The van der Waals surface area contributed by atoms with Crippen molar-refractivity contribution in [3.8, 4) is 0 Å². The second-order valence-corrected chi connectivity index (χ2v) is 15.3. The van der Waals surface area contributed by atoms with Crippen molar-refractivity contribution in [1.29, 1.82) is 0 Å². The van der Waals surface area contributed by atoms with Gasteiger partial charge in [0.2, 0.25) is 0 Å². The van der Waals surface area contributed by atoms with Gasteiger partial charge in [-0.25, -0.2) is 8.78 Å². The van der Waals surface area contributed by atoms with Crippen molar-refractivity contribution >= 4 is 21.2 Å². The molecule has 0 aliphatic carbocycles. The number of alkyl halides is 2. The second kappa shape index (κ2) is 9.69. The van der Waals surface area contributed by atoms with Crippen LogP contribution in [-0.2, 0) is 16.7 Å². The molecule has 2 heterocycles. The molecule has 0 amide bonds. The smallest absolute Gasteiger partial charge is 0.303 e. The summed E-state index contributed by atoms with van der Waals surface area (Å²) in [7, 11) is -4.28. The van der Waals surface area contributed by atoms with E-state index >= 15 is 0 Å². The van der Waals surface area contributed by atoms with Gasteiger partial charge in [0.15, 0.2) is 6.10 Å². The highest BCUT2D eigenvalue weighted by molar-refractivity contribution is 8.39. The molecule has 0 N–H and O–H groups in total. The quantitative estimate of drug-likeness (QED) is 0.475. The van der Waals surface area contributed by atoms with Crippen molar-refractivity contribution in [2.24, 2.45) is 0 Å². The summed E-state index contributed by atoms with van der Waals surface area (Å²) < 4.78 is 54.7. The predicted octanol–water partition coefficient (Wildman–Crippen LogP) is 6.77. The maximum Gasteiger partial charge on any atom is 0.303 e. The van der Waals surface area contributed by atoms with Crippen molar-refractivity contribution in [3.63, 3.8) is 0 Å². The summed E-state index contributed by atoms with van der Waals surface area (Å²) in [6.07, 6.45) is -3.32. The van der Waals surface area contributed by atoms with E-state index in [0.717, 1.165) is 0 Å². The lowest BCUT2D eigenvalue weighted by Crippen LogP contribution is -2.48. The van der Waals surface area contributed by atoms with Crippen LogP contribution in [0.4, 0.5) is 8.78 Å². The van der Waals surface area contributed by atoms with Gasteiger partial charge in [-0.3, -0.25) is 8.37 Å². The molecule has 28 heavy (non-hydrogen) atoms. The number of ether oxygens (including phenoxy) is 1. The first kappa shape index (κ1) is 26.4. The van der Waals surface area contributed by atoms with Gasteiger partial charge in [-0.15, -0.1) is 0 Å². The van der Waals surface area contributed by atoms with E-state index in [-0.39, 0.29) is 27.6 Å². The molecule has 2 aliphatic rings. The number of fused-ring (bicyclic) bond motifs is 1. The van der Waals surface area contributed by atoms with Gasteiger partial charge in [-0.2, -0.15) is 24.8 Å². The summed E-state index contributed by atoms with van der Waals surface area (Å²) in [6.45, 7) is 21.8. The number of hydrogen-bond acceptors (Lipinski definition) is 4. The van der Waals surface area contributed by atoms with Gasteiger partial charge >= 0.3 is 5.92 Å². The number of halogens is 2. The Morgan fingerprint density at radius 1 is 0.821 bits per heavy atom. The molecule has 2 aliphatic heterocycles. The minimum absolute atomic E-state index is 0.0408. The summed E-state index contributed by atoms with van der Waals surface area (Å²) in [5, 5.41) is 0.152. The maximum absolute atomic E-state index is 14.8. The SMILES string of the molecule is CC.CC(C)S1(C(C)C)OC[C@H]2O[C@@H](C)C(F)(F)[C@@H]2OS(C(C)C)(C(C)C)O1. The fraction of sp³-hybridized carbons (Fsp3) is 1.00. The minimum atomic E-state index is -3.07. The van der Waals surface area contributed by atoms with Crippen LogP contribution in [0.5, 0.6) is 0 Å². The van der Waals surface area contributed by atoms with Gasteiger partial charge in [-0.1, -0.05) is 13.8 Å². The van der Waals surface area contributed by atoms with Crippen LogP contribution in [0.3, 0.4) is 0 Å². The van der Waals surface area contributed by atoms with Gasteiger partial charge in [0.1, 0.15) is 18.8 Å². The lowest BCUT2D eigenvalue weighted by molar-refractivity contribution is -0.0970. The average Bonchev–Trinajstić information content (AvgIpc) is 2.78. The zero-order valence-corrected chi connectivity index (χ0v) is 21.1. The number of hydrogen-bond donors (Lipinski definition) is 0. The average molecular weight is 449 g/mol. The van der Waals surface area contributed by atoms with Gasteiger partial charge in [0.05, 0.1) is 0 Å². The standard InChI is InChI=1S/C18H36F2O4S2.C2H6/c1-11(2)25(12(3)4)21-10-16-17(18(19,20)15(9)22-16)23-26(24-25,13(5)6)14(7)8;1-2/h11-17H,10H2,1-9H3;1-2H3/t15-,16+,17+;/m0./s1. The molecule has 2 rings (SSSR count). The molecular formula is C20H42F2O4S2. The van der Waals surface area contributed by atoms with Crippen molar-refractivity contribution in [1.82, 2.24) is 0 Å². The molecule has 0 aromatic carbocycles. The molecule has 0 aromatic rings. The Balaban J connectivity index is 0.00000190. The van der Waals surface area contributed by atoms with E-state index in [2.05, 4.69) is 27.7 Å². The van der Waals surface area contributed by atoms with Crippen LogP contribution in [0.15, 0.2) is 0 Å². The molecule has 0 radical (unpaired) electrons. The first-order valence-electron chi connectivity index (χ1n) is 10.5. The lowest BCUT2D eigenvalue weighted by Gasteiger charge is -2.62. The Hall–Kier alpha value is 0.400. The molecule has 0 bridgehead atoms. The van der Waals surface area contributed by atoms with Crippen LogP contribution in [0.25, 0.3) is 0 Å². The largest absolute Gasteiger partial charge is 0.363 e. The van der Waals surface area contributed by atoms with E-state index in [1.807, 2.05) is 41.5 Å². The Kier molecular flexibility index (Phi) is 9.15. The molecule has 8 heteroatoms. The minimum Gasteiger partial charge on any atom is -0.363 e. The van der Waals surface area contributed by atoms with Crippen LogP contribution >= 0.6 is 21.2 Å². The third-order valence-electron chi connectivity index (χ3n) is 5.15. The van der Waals surface area contributed by atoms with Crippen molar-refractivity contribution in [3.05, 3.63) is 0 Å². The first-order valence-corrected chi connectivity index (χ1v) is 13.7. The molecule has 3 atom stereocenters. The molecule has 0 unspecified atom stereocenters. The number of rotatable bonds is 4. The van der Waals surface area contributed by atoms with E-state index < -0.39 is 45.4 Å². The van der Waals surface area contributed by atoms with E-state index in [0.29, 0.717) is 0 Å². The van der Waals surface area contributed by atoms with Crippen molar-refractivity contribution in [2.45, 2.75) is 121 Å². The molecule has 0 saturated carbocycles. The molecule has 2 saturated heterocycles. The second-order valence-electron chi connectivity index (χ2n) is 8.23. The van der Waals surface area contributed by atoms with Crippen LogP contribution in [-0.4, -0.2) is 51.8 Å². The van der Waals surface area contributed by atoms with Gasteiger partial charge < -0.3 is 4.74 Å². The topological polar surface area (TPSA) is 36.9 Å². The van der Waals surface area contributed by atoms with Gasteiger partial charge in [-0.05, 0) is 62.3 Å². The zero-order valence-electron chi connectivity index (χ0n) is 19.5. The van der Waals surface area contributed by atoms with Crippen molar-refractivity contribution < 1.29 is 25.5 Å². The van der Waals surface area contributed by atoms with Gasteiger partial charge in [0, 0.05) is 21.0 Å². The molecule has 0 aromatic heterocycles. The molecule has 4 nitrogen and oxygen atoms in total. The Labute approximate surface area is 174 Å². The van der Waals surface area contributed by atoms with Crippen LogP contribution < -0.4 is 0 Å². The fourth-order valence-corrected chi connectivity index (χ4v) is 11.8. The summed E-state index contributed by atoms with van der Waals surface area (Å²) in [5.74, 6) is -3.07. The summed E-state index contributed by atoms with van der Waals surface area (Å²) in [4.78, 5) is 0. The van der Waals surface area contributed by atoms with Crippen molar-refractivity contribution in [2.75, 3.05) is 6.61 Å². The monoisotopic (exact) mass is 448 g/mol. The molecule has 172 valence electrons. The normalized spacial score (nSPS) is 33.7. The van der Waals surface area contributed by atoms with Crippen LogP contribution in [0.2, 0.25) is 0 Å². The van der Waals surface area contributed by atoms with E-state index in [1.165, 1.54) is 6.92 Å². The highest BCUT2D eigenvalue weighted by Gasteiger charge is 2.62. The zero-order chi connectivity index (χ0) is 22.1. The highest BCUT2D eigenvalue weighted by Crippen LogP contribution is 2.75. The molecule has 2 fully saturated rings. The fourth-order valence-electron chi connectivity index (χ4n) is 3.59. The van der Waals surface area contributed by atoms with E-state index in [4.69, 9.17) is 16.7 Å². The predicted molar refractivity (Wildman–Crippen MR) is 118 cm³/mol. The van der Waals surface area contributed by atoms with E-state index in [1.54, 1.807) is 0 Å². The Bertz CT molecular complexity index is 485. The lowest BCUT2D eigenvalue weighted by atomic mass is 10.1. The summed E-state index contributed by atoms with van der Waals surface area (Å²) in [5.41, 5.74) is 0. The van der Waals surface area contributed by atoms with Gasteiger partial charge in [0.25, 0.3) is 0 Å². The maximum atomic E-state index is 14.8. The highest BCUT2D eigenvalue weighted by atomic mass is 32.4. The molecule has 0 spiro atoms. The third kappa shape index (κ3) is 4.52. The van der Waals surface area contributed by atoms with Crippen LogP contribution in [0, 0.1) is 0 Å². The first-order chi connectivity index (χ1) is 12.8. The van der Waals surface area contributed by atoms with E-state index in [9.17, 15) is 8.78 Å². The Morgan fingerprint density at radius 3 is 1.64 bits per heavy atom. The Morgan fingerprint density at radius 2 is 1.25 bits per heavy atom. The third-order valence-corrected chi connectivity index (χ3v) is 13.1. The van der Waals surface area contributed by atoms with Crippen LogP contribution in [0.1, 0.15) is 76.2 Å². The summed E-state index contributed by atoms with van der Waals surface area (Å²) in [6, 6.07) is 0. The molecular weight excluding hydrogens is 406 g/mol. The summed E-state index contributed by atoms with van der Waals surface area (Å²) >= 11 is 0.